The number of rotatable bonds is 5. The van der Waals surface area contributed by atoms with Crippen LogP contribution in [0.4, 0.5) is 0 Å². The van der Waals surface area contributed by atoms with Gasteiger partial charge in [0.1, 0.15) is 0 Å². The standard InChI is InChI=1S/C15H17NO3/c1-10-3-4-12(11(2)7-10)8-16-9-13-5-6-19-14(13)15(17)18/h3-7,16H,8-9H2,1-2H3,(H,17,18). The molecule has 1 aromatic heterocycles. The van der Waals surface area contributed by atoms with Crippen LogP contribution < -0.4 is 5.32 Å². The fourth-order valence-electron chi connectivity index (χ4n) is 2.04. The van der Waals surface area contributed by atoms with E-state index in [1.165, 1.54) is 23.0 Å². The number of benzene rings is 1. The molecule has 4 heteroatoms. The van der Waals surface area contributed by atoms with Crippen LogP contribution in [0.5, 0.6) is 0 Å². The average Bonchev–Trinajstić information content (AvgIpc) is 2.80. The minimum atomic E-state index is -1.03. The maximum atomic E-state index is 10.9. The first-order chi connectivity index (χ1) is 9.08. The first-order valence-corrected chi connectivity index (χ1v) is 6.14. The summed E-state index contributed by atoms with van der Waals surface area (Å²) >= 11 is 0. The topological polar surface area (TPSA) is 62.5 Å². The Morgan fingerprint density at radius 2 is 1.95 bits per heavy atom. The number of hydrogen-bond donors (Lipinski definition) is 2. The van der Waals surface area contributed by atoms with Crippen molar-refractivity contribution in [2.24, 2.45) is 0 Å². The molecule has 0 aliphatic rings. The first kappa shape index (κ1) is 13.4. The van der Waals surface area contributed by atoms with Crippen LogP contribution in [-0.4, -0.2) is 11.1 Å². The van der Waals surface area contributed by atoms with E-state index in [4.69, 9.17) is 9.52 Å². The molecule has 0 saturated heterocycles. The summed E-state index contributed by atoms with van der Waals surface area (Å²) in [5, 5.41) is 12.2. The Balaban J connectivity index is 1.96. The second-order valence-corrected chi connectivity index (χ2v) is 4.61. The molecular formula is C15H17NO3. The van der Waals surface area contributed by atoms with Crippen molar-refractivity contribution in [1.82, 2.24) is 5.32 Å². The van der Waals surface area contributed by atoms with Gasteiger partial charge in [-0.15, -0.1) is 0 Å². The van der Waals surface area contributed by atoms with E-state index in [0.29, 0.717) is 18.7 Å². The second kappa shape index (κ2) is 5.71. The number of hydrogen-bond acceptors (Lipinski definition) is 3. The predicted octanol–water partition coefficient (Wildman–Crippen LogP) is 2.88. The highest BCUT2D eigenvalue weighted by Gasteiger charge is 2.13. The zero-order valence-electron chi connectivity index (χ0n) is 11.1. The van der Waals surface area contributed by atoms with Crippen molar-refractivity contribution < 1.29 is 14.3 Å². The van der Waals surface area contributed by atoms with Gasteiger partial charge in [-0.3, -0.25) is 0 Å². The highest BCUT2D eigenvalue weighted by molar-refractivity contribution is 5.86. The Labute approximate surface area is 112 Å². The molecule has 19 heavy (non-hydrogen) atoms. The number of carboxylic acid groups (broad SMARTS) is 1. The van der Waals surface area contributed by atoms with Crippen molar-refractivity contribution >= 4 is 5.97 Å². The van der Waals surface area contributed by atoms with E-state index in [0.717, 1.165) is 0 Å². The van der Waals surface area contributed by atoms with Gasteiger partial charge in [0.15, 0.2) is 0 Å². The third-order valence-corrected chi connectivity index (χ3v) is 3.07. The first-order valence-electron chi connectivity index (χ1n) is 6.14. The molecule has 0 spiro atoms. The van der Waals surface area contributed by atoms with E-state index in [2.05, 4.69) is 37.4 Å². The number of furan rings is 1. The van der Waals surface area contributed by atoms with Gasteiger partial charge in [-0.25, -0.2) is 4.79 Å². The third kappa shape index (κ3) is 3.23. The average molecular weight is 259 g/mol. The van der Waals surface area contributed by atoms with E-state index in [1.54, 1.807) is 6.07 Å². The van der Waals surface area contributed by atoms with Crippen LogP contribution in [0.2, 0.25) is 0 Å². The summed E-state index contributed by atoms with van der Waals surface area (Å²) in [5.41, 5.74) is 4.35. The lowest BCUT2D eigenvalue weighted by Gasteiger charge is -2.08. The molecule has 2 rings (SSSR count). The van der Waals surface area contributed by atoms with E-state index < -0.39 is 5.97 Å². The van der Waals surface area contributed by atoms with Crippen LogP contribution in [0.25, 0.3) is 0 Å². The van der Waals surface area contributed by atoms with Gasteiger partial charge in [0, 0.05) is 18.7 Å². The molecule has 2 aromatic rings. The highest BCUT2D eigenvalue weighted by atomic mass is 16.4. The quantitative estimate of drug-likeness (QED) is 0.866. The molecule has 100 valence electrons. The molecule has 0 bridgehead atoms. The Morgan fingerprint density at radius 1 is 1.21 bits per heavy atom. The van der Waals surface area contributed by atoms with Crippen molar-refractivity contribution in [3.05, 3.63) is 58.5 Å². The monoisotopic (exact) mass is 259 g/mol. The van der Waals surface area contributed by atoms with Crippen molar-refractivity contribution in [3.8, 4) is 0 Å². The fourth-order valence-corrected chi connectivity index (χ4v) is 2.04. The molecule has 0 aliphatic carbocycles. The summed E-state index contributed by atoms with van der Waals surface area (Å²) in [6, 6.07) is 7.98. The molecule has 0 amide bonds. The summed E-state index contributed by atoms with van der Waals surface area (Å²) in [5.74, 6) is -1.03. The molecule has 2 N–H and O–H groups in total. The van der Waals surface area contributed by atoms with Gasteiger partial charge in [-0.1, -0.05) is 23.8 Å². The lowest BCUT2D eigenvalue weighted by atomic mass is 10.1. The zero-order chi connectivity index (χ0) is 13.8. The smallest absolute Gasteiger partial charge is 0.372 e. The normalized spacial score (nSPS) is 10.6. The molecule has 1 aromatic carbocycles. The maximum Gasteiger partial charge on any atom is 0.372 e. The van der Waals surface area contributed by atoms with Crippen molar-refractivity contribution in [2.75, 3.05) is 0 Å². The summed E-state index contributed by atoms with van der Waals surface area (Å²) in [7, 11) is 0. The Kier molecular flexibility index (Phi) is 4.02. The Hall–Kier alpha value is -2.07. The van der Waals surface area contributed by atoms with Crippen molar-refractivity contribution in [3.63, 3.8) is 0 Å². The summed E-state index contributed by atoms with van der Waals surface area (Å²) in [4.78, 5) is 10.9. The Bertz CT molecular complexity index is 587. The molecule has 1 heterocycles. The van der Waals surface area contributed by atoms with Crippen LogP contribution in [0, 0.1) is 13.8 Å². The van der Waals surface area contributed by atoms with Crippen LogP contribution in [0.3, 0.4) is 0 Å². The number of carbonyl (C=O) groups is 1. The van der Waals surface area contributed by atoms with E-state index in [-0.39, 0.29) is 5.76 Å². The molecule has 0 radical (unpaired) electrons. The van der Waals surface area contributed by atoms with E-state index in [9.17, 15) is 4.79 Å². The summed E-state index contributed by atoms with van der Waals surface area (Å²) < 4.78 is 4.93. The highest BCUT2D eigenvalue weighted by Crippen LogP contribution is 2.12. The molecule has 0 atom stereocenters. The minimum absolute atomic E-state index is 0.00753. The third-order valence-electron chi connectivity index (χ3n) is 3.07. The predicted molar refractivity (Wildman–Crippen MR) is 72.1 cm³/mol. The molecule has 0 aliphatic heterocycles. The number of nitrogens with one attached hydrogen (secondary N) is 1. The van der Waals surface area contributed by atoms with Gasteiger partial charge >= 0.3 is 5.97 Å². The van der Waals surface area contributed by atoms with Gasteiger partial charge in [0.25, 0.3) is 0 Å². The van der Waals surface area contributed by atoms with E-state index >= 15 is 0 Å². The number of aromatic carboxylic acids is 1. The lowest BCUT2D eigenvalue weighted by Crippen LogP contribution is -2.15. The number of aryl methyl sites for hydroxylation is 2. The molecule has 0 fully saturated rings. The van der Waals surface area contributed by atoms with Gasteiger partial charge in [-0.05, 0) is 31.0 Å². The molecule has 0 saturated carbocycles. The zero-order valence-corrected chi connectivity index (χ0v) is 11.1. The van der Waals surface area contributed by atoms with Crippen LogP contribution in [0.15, 0.2) is 34.9 Å². The van der Waals surface area contributed by atoms with Crippen molar-refractivity contribution in [1.29, 1.82) is 0 Å². The van der Waals surface area contributed by atoms with Gasteiger partial charge in [0.2, 0.25) is 5.76 Å². The summed E-state index contributed by atoms with van der Waals surface area (Å²) in [6.07, 6.45) is 1.40. The molecule has 4 nitrogen and oxygen atoms in total. The number of carboxylic acids is 1. The second-order valence-electron chi connectivity index (χ2n) is 4.61. The van der Waals surface area contributed by atoms with Crippen LogP contribution in [0.1, 0.15) is 32.8 Å². The molecule has 0 unspecified atom stereocenters. The van der Waals surface area contributed by atoms with Gasteiger partial charge in [-0.2, -0.15) is 0 Å². The van der Waals surface area contributed by atoms with Gasteiger partial charge < -0.3 is 14.8 Å². The minimum Gasteiger partial charge on any atom is -0.475 e. The summed E-state index contributed by atoms with van der Waals surface area (Å²) in [6.45, 7) is 5.32. The van der Waals surface area contributed by atoms with Crippen LogP contribution in [-0.2, 0) is 13.1 Å². The lowest BCUT2D eigenvalue weighted by molar-refractivity contribution is 0.0660. The largest absolute Gasteiger partial charge is 0.475 e. The molecular weight excluding hydrogens is 242 g/mol. The maximum absolute atomic E-state index is 10.9. The SMILES string of the molecule is Cc1ccc(CNCc2ccoc2C(=O)O)c(C)c1. The van der Waals surface area contributed by atoms with E-state index in [1.807, 2.05) is 0 Å². The van der Waals surface area contributed by atoms with Crippen LogP contribution >= 0.6 is 0 Å². The van der Waals surface area contributed by atoms with Crippen molar-refractivity contribution in [2.45, 2.75) is 26.9 Å². The van der Waals surface area contributed by atoms with Gasteiger partial charge in [0.05, 0.1) is 6.26 Å². The Morgan fingerprint density at radius 3 is 2.63 bits per heavy atom. The fraction of sp³-hybridized carbons (Fsp3) is 0.267.